The van der Waals surface area contributed by atoms with Crippen molar-refractivity contribution in [3.05, 3.63) is 30.3 Å². The van der Waals surface area contributed by atoms with E-state index in [1.54, 1.807) is 13.8 Å². The standard InChI is InChI=1S/C14H18N4O/c1-14(2,13(16)19)8-17-12-6-3-9-7-10(15)4-5-11(9)18-12/h3-7H,8,15H2,1-2H3,(H2,16,19)(H,17,18). The Hall–Kier alpha value is -2.30. The lowest BCUT2D eigenvalue weighted by Crippen LogP contribution is -2.37. The summed E-state index contributed by atoms with van der Waals surface area (Å²) >= 11 is 0. The summed E-state index contributed by atoms with van der Waals surface area (Å²) < 4.78 is 0. The van der Waals surface area contributed by atoms with Crippen molar-refractivity contribution < 1.29 is 4.79 Å². The molecule has 5 heteroatoms. The summed E-state index contributed by atoms with van der Waals surface area (Å²) in [6, 6.07) is 9.36. The molecule has 0 aliphatic heterocycles. The summed E-state index contributed by atoms with van der Waals surface area (Å²) in [6.45, 7) is 4.03. The molecule has 1 aromatic heterocycles. The first-order chi connectivity index (χ1) is 8.88. The predicted molar refractivity (Wildman–Crippen MR) is 77.6 cm³/mol. The van der Waals surface area contributed by atoms with Crippen LogP contribution in [0.15, 0.2) is 30.3 Å². The number of carbonyl (C=O) groups excluding carboxylic acids is 1. The first-order valence-corrected chi connectivity index (χ1v) is 6.08. The van der Waals surface area contributed by atoms with E-state index >= 15 is 0 Å². The van der Waals surface area contributed by atoms with Gasteiger partial charge in [0.05, 0.1) is 10.9 Å². The number of benzene rings is 1. The molecule has 5 N–H and O–H groups in total. The smallest absolute Gasteiger partial charge is 0.224 e. The Morgan fingerprint density at radius 1 is 1.32 bits per heavy atom. The molecular formula is C14H18N4O. The number of pyridine rings is 1. The Balaban J connectivity index is 2.18. The first-order valence-electron chi connectivity index (χ1n) is 6.08. The second-order valence-corrected chi connectivity index (χ2v) is 5.25. The molecule has 19 heavy (non-hydrogen) atoms. The van der Waals surface area contributed by atoms with Crippen LogP contribution in [0.4, 0.5) is 11.5 Å². The molecule has 0 unspecified atom stereocenters. The van der Waals surface area contributed by atoms with Gasteiger partial charge in [-0.1, -0.05) is 0 Å². The summed E-state index contributed by atoms with van der Waals surface area (Å²) in [5.74, 6) is 0.375. The second kappa shape index (κ2) is 4.76. The van der Waals surface area contributed by atoms with Crippen LogP contribution in [0.3, 0.4) is 0 Å². The highest BCUT2D eigenvalue weighted by atomic mass is 16.1. The minimum absolute atomic E-state index is 0.339. The number of nitrogen functional groups attached to an aromatic ring is 1. The maximum atomic E-state index is 11.2. The van der Waals surface area contributed by atoms with Crippen LogP contribution in [0.25, 0.3) is 10.9 Å². The fourth-order valence-electron chi connectivity index (χ4n) is 1.64. The van der Waals surface area contributed by atoms with Crippen LogP contribution >= 0.6 is 0 Å². The average Bonchev–Trinajstić information content (AvgIpc) is 2.36. The molecule has 0 aliphatic rings. The van der Waals surface area contributed by atoms with Crippen LogP contribution in [0.2, 0.25) is 0 Å². The molecule has 100 valence electrons. The van der Waals surface area contributed by atoms with Crippen molar-refractivity contribution in [1.82, 2.24) is 4.98 Å². The number of amides is 1. The van der Waals surface area contributed by atoms with E-state index in [2.05, 4.69) is 10.3 Å². The fraction of sp³-hybridized carbons (Fsp3) is 0.286. The first kappa shape index (κ1) is 13.1. The van der Waals surface area contributed by atoms with Crippen molar-refractivity contribution in [3.63, 3.8) is 0 Å². The third-order valence-electron chi connectivity index (χ3n) is 3.09. The Morgan fingerprint density at radius 2 is 2.05 bits per heavy atom. The number of nitrogens with zero attached hydrogens (tertiary/aromatic N) is 1. The number of hydrogen-bond donors (Lipinski definition) is 3. The lowest BCUT2D eigenvalue weighted by atomic mass is 9.93. The van der Waals surface area contributed by atoms with Crippen LogP contribution < -0.4 is 16.8 Å². The number of carbonyl (C=O) groups is 1. The number of nitrogens with two attached hydrogens (primary N) is 2. The van der Waals surface area contributed by atoms with Crippen molar-refractivity contribution in [3.8, 4) is 0 Å². The zero-order chi connectivity index (χ0) is 14.0. The molecule has 0 saturated heterocycles. The maximum absolute atomic E-state index is 11.2. The van der Waals surface area contributed by atoms with E-state index in [-0.39, 0.29) is 5.91 Å². The number of nitrogens with one attached hydrogen (secondary N) is 1. The molecule has 0 fully saturated rings. The molecule has 0 atom stereocenters. The normalized spacial score (nSPS) is 11.5. The van der Waals surface area contributed by atoms with E-state index in [0.29, 0.717) is 18.1 Å². The van der Waals surface area contributed by atoms with Crippen molar-refractivity contribution in [2.24, 2.45) is 11.1 Å². The summed E-state index contributed by atoms with van der Waals surface area (Å²) in [5.41, 5.74) is 12.0. The quantitative estimate of drug-likeness (QED) is 0.728. The molecular weight excluding hydrogens is 240 g/mol. The lowest BCUT2D eigenvalue weighted by molar-refractivity contribution is -0.125. The number of hydrogen-bond acceptors (Lipinski definition) is 4. The van der Waals surface area contributed by atoms with Crippen LogP contribution in [0.1, 0.15) is 13.8 Å². The Bertz CT molecular complexity index is 622. The molecule has 1 amide bonds. The second-order valence-electron chi connectivity index (χ2n) is 5.25. The van der Waals surface area contributed by atoms with Crippen LogP contribution in [-0.4, -0.2) is 17.4 Å². The zero-order valence-corrected chi connectivity index (χ0v) is 11.1. The number of rotatable bonds is 4. The number of anilines is 2. The Kier molecular flexibility index (Phi) is 3.29. The van der Waals surface area contributed by atoms with Crippen LogP contribution in [0.5, 0.6) is 0 Å². The highest BCUT2D eigenvalue weighted by Gasteiger charge is 2.24. The van der Waals surface area contributed by atoms with Gasteiger partial charge in [-0.25, -0.2) is 4.98 Å². The van der Waals surface area contributed by atoms with E-state index < -0.39 is 5.41 Å². The fourth-order valence-corrected chi connectivity index (χ4v) is 1.64. The molecule has 0 bridgehead atoms. The van der Waals surface area contributed by atoms with Crippen molar-refractivity contribution in [2.75, 3.05) is 17.6 Å². The van der Waals surface area contributed by atoms with E-state index in [0.717, 1.165) is 10.9 Å². The Morgan fingerprint density at radius 3 is 2.74 bits per heavy atom. The Labute approximate surface area is 112 Å². The minimum atomic E-state index is -0.613. The van der Waals surface area contributed by atoms with Gasteiger partial charge >= 0.3 is 0 Å². The molecule has 0 radical (unpaired) electrons. The molecule has 2 rings (SSSR count). The summed E-state index contributed by atoms with van der Waals surface area (Å²) in [5, 5.41) is 4.12. The molecule has 0 spiro atoms. The van der Waals surface area contributed by atoms with Gasteiger partial charge in [-0.2, -0.15) is 0 Å². The lowest BCUT2D eigenvalue weighted by Gasteiger charge is -2.21. The van der Waals surface area contributed by atoms with Gasteiger partial charge in [0.15, 0.2) is 0 Å². The topological polar surface area (TPSA) is 94.0 Å². The van der Waals surface area contributed by atoms with Crippen molar-refractivity contribution in [2.45, 2.75) is 13.8 Å². The SMILES string of the molecule is CC(C)(CNc1ccc2cc(N)ccc2n1)C(N)=O. The molecule has 0 aliphatic carbocycles. The summed E-state index contributed by atoms with van der Waals surface area (Å²) in [6.07, 6.45) is 0. The van der Waals surface area contributed by atoms with Gasteiger partial charge in [-0.3, -0.25) is 4.79 Å². The molecule has 2 aromatic rings. The van der Waals surface area contributed by atoms with Crippen LogP contribution in [0, 0.1) is 5.41 Å². The third kappa shape index (κ3) is 2.93. The van der Waals surface area contributed by atoms with E-state index in [4.69, 9.17) is 11.5 Å². The van der Waals surface area contributed by atoms with Gasteiger partial charge in [0, 0.05) is 17.6 Å². The predicted octanol–water partition coefficient (Wildman–Crippen LogP) is 1.74. The van der Waals surface area contributed by atoms with E-state index in [1.165, 1.54) is 0 Å². The summed E-state index contributed by atoms with van der Waals surface area (Å²) in [4.78, 5) is 15.7. The highest BCUT2D eigenvalue weighted by molar-refractivity contribution is 5.83. The zero-order valence-electron chi connectivity index (χ0n) is 11.1. The van der Waals surface area contributed by atoms with Crippen molar-refractivity contribution >= 4 is 28.3 Å². The van der Waals surface area contributed by atoms with Gasteiger partial charge in [0.2, 0.25) is 5.91 Å². The van der Waals surface area contributed by atoms with Crippen LogP contribution in [-0.2, 0) is 4.79 Å². The maximum Gasteiger partial charge on any atom is 0.224 e. The van der Waals surface area contributed by atoms with E-state index in [9.17, 15) is 4.79 Å². The molecule has 0 saturated carbocycles. The number of fused-ring (bicyclic) bond motifs is 1. The minimum Gasteiger partial charge on any atom is -0.399 e. The van der Waals surface area contributed by atoms with E-state index in [1.807, 2.05) is 30.3 Å². The molecule has 5 nitrogen and oxygen atoms in total. The number of aromatic nitrogens is 1. The summed E-state index contributed by atoms with van der Waals surface area (Å²) in [7, 11) is 0. The number of primary amides is 1. The monoisotopic (exact) mass is 258 g/mol. The largest absolute Gasteiger partial charge is 0.399 e. The third-order valence-corrected chi connectivity index (χ3v) is 3.09. The van der Waals surface area contributed by atoms with Crippen molar-refractivity contribution in [1.29, 1.82) is 0 Å². The van der Waals surface area contributed by atoms with Gasteiger partial charge in [0.1, 0.15) is 5.82 Å². The highest BCUT2D eigenvalue weighted by Crippen LogP contribution is 2.19. The van der Waals surface area contributed by atoms with Gasteiger partial charge in [-0.05, 0) is 44.2 Å². The van der Waals surface area contributed by atoms with Gasteiger partial charge in [0.25, 0.3) is 0 Å². The molecule has 1 aromatic carbocycles. The van der Waals surface area contributed by atoms with Gasteiger partial charge in [-0.15, -0.1) is 0 Å². The average molecular weight is 258 g/mol. The van der Waals surface area contributed by atoms with Gasteiger partial charge < -0.3 is 16.8 Å². The molecule has 1 heterocycles.